The largest absolute Gasteiger partial charge is 0.508 e. The maximum Gasteiger partial charge on any atom is 0.232 e. The molecule has 1 aromatic heterocycles. The van der Waals surface area contributed by atoms with Crippen LogP contribution in [-0.4, -0.2) is 41.4 Å². The molecule has 2 aromatic carbocycles. The number of rotatable bonds is 7. The number of benzene rings is 2. The van der Waals surface area contributed by atoms with Crippen molar-refractivity contribution >= 4 is 23.3 Å². The fourth-order valence-corrected chi connectivity index (χ4v) is 2.52. The van der Waals surface area contributed by atoms with Crippen LogP contribution in [-0.2, 0) is 0 Å². The molecule has 3 rings (SSSR count). The van der Waals surface area contributed by atoms with Crippen molar-refractivity contribution in [1.29, 1.82) is 0 Å². The van der Waals surface area contributed by atoms with Gasteiger partial charge in [0.1, 0.15) is 12.1 Å². The van der Waals surface area contributed by atoms with Crippen molar-refractivity contribution in [3.8, 4) is 23.0 Å². The average molecular weight is 383 g/mol. The first-order valence-electron chi connectivity index (χ1n) is 8.36. The molecule has 1 heterocycles. The van der Waals surface area contributed by atoms with Gasteiger partial charge < -0.3 is 30.0 Å². The van der Waals surface area contributed by atoms with Crippen LogP contribution in [0.25, 0.3) is 0 Å². The number of aryl methyl sites for hydroxylation is 1. The number of nitrogens with zero attached hydrogens (tertiary/aromatic N) is 3. The van der Waals surface area contributed by atoms with Gasteiger partial charge in [0.2, 0.25) is 17.6 Å². The Balaban J connectivity index is 1.83. The van der Waals surface area contributed by atoms with E-state index in [1.54, 1.807) is 45.6 Å². The highest BCUT2D eigenvalue weighted by Gasteiger charge is 2.14. The van der Waals surface area contributed by atoms with Crippen molar-refractivity contribution in [2.24, 2.45) is 0 Å². The van der Waals surface area contributed by atoms with E-state index < -0.39 is 0 Å². The summed E-state index contributed by atoms with van der Waals surface area (Å²) in [6.45, 7) is 1.82. The summed E-state index contributed by atoms with van der Waals surface area (Å²) in [5.74, 6) is 2.35. The summed E-state index contributed by atoms with van der Waals surface area (Å²) in [5, 5.41) is 15.9. The molecule has 0 aliphatic carbocycles. The second-order valence-electron chi connectivity index (χ2n) is 5.80. The molecule has 0 atom stereocenters. The summed E-state index contributed by atoms with van der Waals surface area (Å²) in [6, 6.07) is 8.72. The lowest BCUT2D eigenvalue weighted by atomic mass is 10.2. The van der Waals surface area contributed by atoms with E-state index in [-0.39, 0.29) is 5.75 Å². The summed E-state index contributed by atoms with van der Waals surface area (Å²) in [5.41, 5.74) is 2.10. The molecule has 3 N–H and O–H groups in total. The summed E-state index contributed by atoms with van der Waals surface area (Å²) < 4.78 is 16.0. The second kappa shape index (κ2) is 8.30. The van der Waals surface area contributed by atoms with Gasteiger partial charge in [0.15, 0.2) is 11.5 Å². The number of hydrogen-bond acceptors (Lipinski definition) is 9. The molecule has 0 radical (unpaired) electrons. The fraction of sp³-hybridized carbons (Fsp3) is 0.211. The molecule has 3 aromatic rings. The van der Waals surface area contributed by atoms with E-state index in [4.69, 9.17) is 14.2 Å². The number of phenolic OH excluding ortho intramolecular Hbond substituents is 1. The Kier molecular flexibility index (Phi) is 5.64. The molecular formula is C19H21N5O4. The summed E-state index contributed by atoms with van der Waals surface area (Å²) in [4.78, 5) is 12.6. The van der Waals surface area contributed by atoms with Crippen molar-refractivity contribution in [2.45, 2.75) is 6.92 Å². The Morgan fingerprint density at radius 1 is 0.821 bits per heavy atom. The smallest absolute Gasteiger partial charge is 0.232 e. The van der Waals surface area contributed by atoms with Crippen LogP contribution in [0.3, 0.4) is 0 Å². The van der Waals surface area contributed by atoms with Gasteiger partial charge in [0.25, 0.3) is 0 Å². The number of anilines is 4. The molecule has 0 amide bonds. The Morgan fingerprint density at radius 2 is 1.43 bits per heavy atom. The van der Waals surface area contributed by atoms with Crippen LogP contribution >= 0.6 is 0 Å². The highest BCUT2D eigenvalue weighted by Crippen LogP contribution is 2.40. The Hall–Kier alpha value is -3.75. The van der Waals surface area contributed by atoms with E-state index >= 15 is 0 Å². The molecule has 28 heavy (non-hydrogen) atoms. The molecule has 0 saturated carbocycles. The maximum absolute atomic E-state index is 9.83. The number of aromatic nitrogens is 3. The lowest BCUT2D eigenvalue weighted by Crippen LogP contribution is -2.03. The van der Waals surface area contributed by atoms with E-state index in [9.17, 15) is 5.11 Å². The number of ether oxygens (including phenoxy) is 3. The number of methoxy groups -OCH3 is 3. The van der Waals surface area contributed by atoms with Crippen LogP contribution in [0.5, 0.6) is 23.0 Å². The van der Waals surface area contributed by atoms with Crippen LogP contribution < -0.4 is 24.8 Å². The summed E-state index contributed by atoms with van der Waals surface area (Å²) in [7, 11) is 4.63. The first-order chi connectivity index (χ1) is 13.5. The van der Waals surface area contributed by atoms with Crippen LogP contribution in [0.4, 0.5) is 23.3 Å². The number of aromatic hydroxyl groups is 1. The van der Waals surface area contributed by atoms with Crippen molar-refractivity contribution < 1.29 is 19.3 Å². The zero-order valence-electron chi connectivity index (χ0n) is 16.0. The molecule has 0 saturated heterocycles. The Bertz CT molecular complexity index is 955. The zero-order chi connectivity index (χ0) is 20.1. The van der Waals surface area contributed by atoms with E-state index in [1.807, 2.05) is 13.0 Å². The van der Waals surface area contributed by atoms with E-state index in [0.29, 0.717) is 40.5 Å². The predicted octanol–water partition coefficient (Wildman–Crippen LogP) is 3.40. The van der Waals surface area contributed by atoms with Crippen molar-refractivity contribution in [3.63, 3.8) is 0 Å². The molecule has 0 spiro atoms. The number of nitrogens with one attached hydrogen (secondary N) is 2. The van der Waals surface area contributed by atoms with Crippen molar-refractivity contribution in [3.05, 3.63) is 42.2 Å². The molecule has 0 aliphatic rings. The van der Waals surface area contributed by atoms with Gasteiger partial charge in [-0.25, -0.2) is 9.97 Å². The summed E-state index contributed by atoms with van der Waals surface area (Å²) >= 11 is 0. The predicted molar refractivity (Wildman–Crippen MR) is 105 cm³/mol. The molecule has 0 fully saturated rings. The van der Waals surface area contributed by atoms with Crippen LogP contribution in [0, 0.1) is 6.92 Å². The Labute approximate surface area is 162 Å². The third kappa shape index (κ3) is 4.14. The molecule has 0 aliphatic heterocycles. The van der Waals surface area contributed by atoms with Gasteiger partial charge in [0, 0.05) is 29.6 Å². The topological polar surface area (TPSA) is 111 Å². The zero-order valence-corrected chi connectivity index (χ0v) is 16.0. The van der Waals surface area contributed by atoms with Gasteiger partial charge in [-0.3, -0.25) is 0 Å². The lowest BCUT2D eigenvalue weighted by Gasteiger charge is -2.14. The van der Waals surface area contributed by atoms with E-state index in [2.05, 4.69) is 25.6 Å². The van der Waals surface area contributed by atoms with Gasteiger partial charge in [-0.1, -0.05) is 6.07 Å². The SMILES string of the molecule is COc1cc(Nc2ncnc(Nc3ccc(C)c(O)c3)n2)cc(OC)c1OC. The fourth-order valence-electron chi connectivity index (χ4n) is 2.52. The van der Waals surface area contributed by atoms with Crippen LogP contribution in [0.1, 0.15) is 5.56 Å². The number of hydrogen-bond donors (Lipinski definition) is 3. The van der Waals surface area contributed by atoms with Gasteiger partial charge in [-0.15, -0.1) is 0 Å². The van der Waals surface area contributed by atoms with Gasteiger partial charge in [-0.2, -0.15) is 4.98 Å². The van der Waals surface area contributed by atoms with Crippen LogP contribution in [0.2, 0.25) is 0 Å². The molecule has 9 nitrogen and oxygen atoms in total. The normalized spacial score (nSPS) is 10.3. The molecule has 146 valence electrons. The standard InChI is InChI=1S/C19H21N5O4/c1-11-5-6-12(7-14(11)25)22-18-20-10-21-19(24-18)23-13-8-15(26-2)17(28-4)16(9-13)27-3/h5-10,25H,1-4H3,(H2,20,21,22,23,24). The third-order valence-corrected chi connectivity index (χ3v) is 3.96. The van der Waals surface area contributed by atoms with Gasteiger partial charge in [-0.05, 0) is 18.6 Å². The highest BCUT2D eigenvalue weighted by molar-refractivity contribution is 5.66. The minimum absolute atomic E-state index is 0.190. The van der Waals surface area contributed by atoms with Gasteiger partial charge in [0.05, 0.1) is 21.3 Å². The first-order valence-corrected chi connectivity index (χ1v) is 8.36. The maximum atomic E-state index is 9.83. The average Bonchev–Trinajstić information content (AvgIpc) is 2.70. The quantitative estimate of drug-likeness (QED) is 0.565. The first kappa shape index (κ1) is 19.0. The second-order valence-corrected chi connectivity index (χ2v) is 5.80. The molecule has 0 unspecified atom stereocenters. The van der Waals surface area contributed by atoms with Crippen molar-refractivity contribution in [1.82, 2.24) is 15.0 Å². The number of phenols is 1. The minimum atomic E-state index is 0.190. The monoisotopic (exact) mass is 383 g/mol. The molecule has 9 heteroatoms. The molecular weight excluding hydrogens is 362 g/mol. The highest BCUT2D eigenvalue weighted by atomic mass is 16.5. The lowest BCUT2D eigenvalue weighted by molar-refractivity contribution is 0.324. The van der Waals surface area contributed by atoms with Gasteiger partial charge >= 0.3 is 0 Å². The van der Waals surface area contributed by atoms with Crippen LogP contribution in [0.15, 0.2) is 36.7 Å². The van der Waals surface area contributed by atoms with Crippen molar-refractivity contribution in [2.75, 3.05) is 32.0 Å². The van der Waals surface area contributed by atoms with E-state index in [0.717, 1.165) is 5.56 Å². The minimum Gasteiger partial charge on any atom is -0.508 e. The summed E-state index contributed by atoms with van der Waals surface area (Å²) in [6.07, 6.45) is 1.38. The Morgan fingerprint density at radius 3 is 1.96 bits per heavy atom. The van der Waals surface area contributed by atoms with E-state index in [1.165, 1.54) is 6.33 Å². The third-order valence-electron chi connectivity index (χ3n) is 3.96. The molecule has 0 bridgehead atoms.